The second-order valence-corrected chi connectivity index (χ2v) is 10.6. The van der Waals surface area contributed by atoms with Crippen LogP contribution in [0.1, 0.15) is 5.56 Å². The van der Waals surface area contributed by atoms with Crippen molar-refractivity contribution in [2.75, 3.05) is 18.6 Å². The number of aryl methyl sites for hydroxylation is 1. The molecule has 0 radical (unpaired) electrons. The van der Waals surface area contributed by atoms with Crippen LogP contribution in [0.15, 0.2) is 89.8 Å². The molecule has 0 unspecified atom stereocenters. The molecule has 9 nitrogen and oxygen atoms in total. The van der Waals surface area contributed by atoms with Gasteiger partial charge in [0, 0.05) is 0 Å². The Kier molecular flexibility index (Phi) is 10.7. The molecule has 6 N–H and O–H groups in total. The molecule has 0 bridgehead atoms. The van der Waals surface area contributed by atoms with Crippen molar-refractivity contribution in [2.24, 2.45) is 0 Å². The number of halogens is 3. The van der Waals surface area contributed by atoms with Crippen molar-refractivity contribution in [3.05, 3.63) is 106 Å². The second kappa shape index (κ2) is 14.5. The molecule has 6 rings (SSSR count). The van der Waals surface area contributed by atoms with Gasteiger partial charge in [0.25, 0.3) is 0 Å². The third-order valence-electron chi connectivity index (χ3n) is 6.29. The minimum atomic E-state index is -1.40. The van der Waals surface area contributed by atoms with Gasteiger partial charge in [0.15, 0.2) is 5.82 Å². The summed E-state index contributed by atoms with van der Waals surface area (Å²) in [5.41, 5.74) is 14.1. The number of anilines is 2. The smallest absolute Gasteiger partial charge is 0.489 e. The summed E-state index contributed by atoms with van der Waals surface area (Å²) in [4.78, 5) is 15.8. The standard InChI is InChI=1S/C15H12ClN3O.C11H11BO2.C4H3BrClN3/c1-20-11-7-6-9-4-2-3-5-10(9)13(11)14-15(17)18-8-12(16)19-14;1-8-6-7-9-4-2-3-5-10(9)11(8)12(13)14;5-3-4(7)8-1-2(6)9-3/h2-8H,1H3,(H2,17,18);2-7,13-14H,1H3;1H,(H2,7,8). The zero-order chi connectivity index (χ0) is 31.1. The monoisotopic (exact) mass is 678 g/mol. The molecule has 2 aromatic heterocycles. The fourth-order valence-corrected chi connectivity index (χ4v) is 4.99. The highest BCUT2D eigenvalue weighted by atomic mass is 79.9. The molecule has 0 aliphatic carbocycles. The molecule has 0 spiro atoms. The van der Waals surface area contributed by atoms with Gasteiger partial charge in [0.1, 0.15) is 32.2 Å². The molecule has 43 heavy (non-hydrogen) atoms. The van der Waals surface area contributed by atoms with Crippen molar-refractivity contribution in [3.8, 4) is 17.0 Å². The lowest BCUT2D eigenvalue weighted by Gasteiger charge is -2.13. The third kappa shape index (κ3) is 7.70. The molecule has 6 aromatic rings. The molecule has 0 fully saturated rings. The Morgan fingerprint density at radius 3 is 1.93 bits per heavy atom. The van der Waals surface area contributed by atoms with Gasteiger partial charge in [0.2, 0.25) is 0 Å². The number of hydrogen-bond donors (Lipinski definition) is 4. The van der Waals surface area contributed by atoms with E-state index in [2.05, 4.69) is 35.9 Å². The number of benzene rings is 4. The van der Waals surface area contributed by atoms with Crippen LogP contribution in [0.2, 0.25) is 10.3 Å². The van der Waals surface area contributed by atoms with Crippen LogP contribution < -0.4 is 21.7 Å². The molecular formula is C30H26BBrCl2N6O3. The molecule has 0 saturated heterocycles. The van der Waals surface area contributed by atoms with E-state index >= 15 is 0 Å². The number of ether oxygens (including phenoxy) is 1. The number of hydrogen-bond acceptors (Lipinski definition) is 9. The summed E-state index contributed by atoms with van der Waals surface area (Å²) in [5.74, 6) is 1.36. The van der Waals surface area contributed by atoms with Gasteiger partial charge < -0.3 is 26.3 Å². The van der Waals surface area contributed by atoms with Crippen LogP contribution in [0.5, 0.6) is 5.75 Å². The summed E-state index contributed by atoms with van der Waals surface area (Å²) in [5, 5.41) is 23.1. The van der Waals surface area contributed by atoms with Gasteiger partial charge in [0.05, 0.1) is 25.1 Å². The Labute approximate surface area is 266 Å². The van der Waals surface area contributed by atoms with Crippen molar-refractivity contribution < 1.29 is 14.8 Å². The topological polar surface area (TPSA) is 153 Å². The van der Waals surface area contributed by atoms with E-state index in [0.29, 0.717) is 43.5 Å². The van der Waals surface area contributed by atoms with Crippen molar-refractivity contribution in [3.63, 3.8) is 0 Å². The van der Waals surface area contributed by atoms with Crippen LogP contribution in [-0.2, 0) is 0 Å². The average molecular weight is 680 g/mol. The zero-order valence-corrected chi connectivity index (χ0v) is 26.1. The third-order valence-corrected chi connectivity index (χ3v) is 7.24. The molecule has 13 heteroatoms. The van der Waals surface area contributed by atoms with E-state index in [1.807, 2.05) is 79.7 Å². The first-order valence-corrected chi connectivity index (χ1v) is 14.3. The maximum absolute atomic E-state index is 9.26. The molecule has 0 saturated carbocycles. The van der Waals surface area contributed by atoms with E-state index < -0.39 is 7.12 Å². The summed E-state index contributed by atoms with van der Waals surface area (Å²) in [7, 11) is 0.211. The Morgan fingerprint density at radius 1 is 0.767 bits per heavy atom. The number of fused-ring (bicyclic) bond motifs is 2. The second-order valence-electron chi connectivity index (χ2n) is 9.05. The molecule has 2 heterocycles. The maximum atomic E-state index is 9.26. The van der Waals surface area contributed by atoms with Crippen LogP contribution in [-0.4, -0.2) is 44.2 Å². The minimum absolute atomic E-state index is 0.296. The summed E-state index contributed by atoms with van der Waals surface area (Å²) in [6.45, 7) is 1.88. The summed E-state index contributed by atoms with van der Waals surface area (Å²) < 4.78 is 5.92. The number of nitrogen functional groups attached to an aromatic ring is 2. The summed E-state index contributed by atoms with van der Waals surface area (Å²) in [6.07, 6.45) is 2.82. The first-order chi connectivity index (χ1) is 20.6. The van der Waals surface area contributed by atoms with Crippen molar-refractivity contribution >= 4 is 84.9 Å². The SMILES string of the molecule is COc1ccc2ccccc2c1-c1nc(Cl)cnc1N.Cc1ccc2ccccc2c1B(O)O.Nc1ncc(Cl)nc1Br. The van der Waals surface area contributed by atoms with Crippen LogP contribution in [0.3, 0.4) is 0 Å². The lowest BCUT2D eigenvalue weighted by atomic mass is 9.74. The number of aromatic nitrogens is 4. The van der Waals surface area contributed by atoms with Crippen LogP contribution in [0, 0.1) is 6.92 Å². The van der Waals surface area contributed by atoms with Gasteiger partial charge in [-0.1, -0.05) is 95.5 Å². The Morgan fingerprint density at radius 2 is 1.33 bits per heavy atom. The quantitative estimate of drug-likeness (QED) is 0.169. The van der Waals surface area contributed by atoms with Gasteiger partial charge in [-0.2, -0.15) is 0 Å². The maximum Gasteiger partial charge on any atom is 0.489 e. The van der Waals surface area contributed by atoms with Crippen molar-refractivity contribution in [1.29, 1.82) is 0 Å². The van der Waals surface area contributed by atoms with Crippen LogP contribution in [0.4, 0.5) is 11.6 Å². The van der Waals surface area contributed by atoms with E-state index in [-0.39, 0.29) is 0 Å². The highest BCUT2D eigenvalue weighted by molar-refractivity contribution is 9.10. The summed E-state index contributed by atoms with van der Waals surface area (Å²) >= 11 is 14.5. The molecule has 0 aliphatic rings. The highest BCUT2D eigenvalue weighted by Gasteiger charge is 2.17. The van der Waals surface area contributed by atoms with Gasteiger partial charge in [-0.15, -0.1) is 0 Å². The lowest BCUT2D eigenvalue weighted by molar-refractivity contribution is 0.417. The first-order valence-electron chi connectivity index (χ1n) is 12.7. The first kappa shape index (κ1) is 31.9. The molecule has 4 aromatic carbocycles. The van der Waals surface area contributed by atoms with Gasteiger partial charge in [-0.3, -0.25) is 0 Å². The number of nitrogens with zero attached hydrogens (tertiary/aromatic N) is 4. The van der Waals surface area contributed by atoms with E-state index in [1.165, 1.54) is 12.4 Å². The Balaban J connectivity index is 0.000000160. The van der Waals surface area contributed by atoms with Crippen LogP contribution in [0.25, 0.3) is 32.8 Å². The zero-order valence-electron chi connectivity index (χ0n) is 23.0. The lowest BCUT2D eigenvalue weighted by Crippen LogP contribution is -2.32. The molecule has 0 amide bonds. The summed E-state index contributed by atoms with van der Waals surface area (Å²) in [6, 6.07) is 23.4. The van der Waals surface area contributed by atoms with E-state index in [0.717, 1.165) is 32.7 Å². The largest absolute Gasteiger partial charge is 0.496 e. The minimum Gasteiger partial charge on any atom is -0.496 e. The van der Waals surface area contributed by atoms with Crippen molar-refractivity contribution in [1.82, 2.24) is 19.9 Å². The van der Waals surface area contributed by atoms with Gasteiger partial charge >= 0.3 is 7.12 Å². The van der Waals surface area contributed by atoms with Gasteiger partial charge in [-0.25, -0.2) is 19.9 Å². The van der Waals surface area contributed by atoms with E-state index in [1.54, 1.807) is 7.11 Å². The predicted molar refractivity (Wildman–Crippen MR) is 179 cm³/mol. The Hall–Kier alpha value is -4.00. The molecule has 0 atom stereocenters. The average Bonchev–Trinajstić information content (AvgIpc) is 3.00. The van der Waals surface area contributed by atoms with E-state index in [9.17, 15) is 10.0 Å². The van der Waals surface area contributed by atoms with Gasteiger partial charge in [-0.05, 0) is 55.9 Å². The fraction of sp³-hybridized carbons (Fsp3) is 0.0667. The highest BCUT2D eigenvalue weighted by Crippen LogP contribution is 2.38. The predicted octanol–water partition coefficient (Wildman–Crippen LogP) is 5.84. The van der Waals surface area contributed by atoms with E-state index in [4.69, 9.17) is 39.4 Å². The van der Waals surface area contributed by atoms with Crippen LogP contribution >= 0.6 is 39.1 Å². The molecular weight excluding hydrogens is 654 g/mol. The molecule has 0 aliphatic heterocycles. The molecule has 218 valence electrons. The number of rotatable bonds is 3. The fourth-order valence-electron chi connectivity index (χ4n) is 4.33. The Bertz CT molecular complexity index is 1900. The number of nitrogens with two attached hydrogens (primary N) is 2. The normalized spacial score (nSPS) is 10.4. The number of methoxy groups -OCH3 is 1. The van der Waals surface area contributed by atoms with Crippen molar-refractivity contribution in [2.45, 2.75) is 6.92 Å².